The molecule has 1 fully saturated rings. The van der Waals surface area contributed by atoms with E-state index < -0.39 is 0 Å². The number of hydrogen-bond acceptors (Lipinski definition) is 4. The summed E-state index contributed by atoms with van der Waals surface area (Å²) in [6.45, 7) is 6.70. The summed E-state index contributed by atoms with van der Waals surface area (Å²) in [5.41, 5.74) is 4.95. The third-order valence-electron chi connectivity index (χ3n) is 6.95. The molecule has 4 aromatic rings. The van der Waals surface area contributed by atoms with Crippen molar-refractivity contribution in [3.05, 3.63) is 72.9 Å². The molecule has 5 rings (SSSR count). The van der Waals surface area contributed by atoms with E-state index in [9.17, 15) is 4.79 Å². The number of fused-ring (bicyclic) bond motifs is 1. The van der Waals surface area contributed by atoms with Gasteiger partial charge in [0.2, 0.25) is 5.91 Å². The van der Waals surface area contributed by atoms with E-state index in [-0.39, 0.29) is 11.8 Å². The highest BCUT2D eigenvalue weighted by Gasteiger charge is 2.31. The fraction of sp³-hybridized carbons (Fsp3) is 0.333. The number of benzene rings is 2. The van der Waals surface area contributed by atoms with Crippen LogP contribution >= 0.6 is 0 Å². The maximum atomic E-state index is 13.1. The minimum atomic E-state index is -0.0194. The highest BCUT2D eigenvalue weighted by atomic mass is 16.5. The lowest BCUT2D eigenvalue weighted by Crippen LogP contribution is -2.34. The van der Waals surface area contributed by atoms with Gasteiger partial charge in [0.25, 0.3) is 0 Å². The van der Waals surface area contributed by atoms with Gasteiger partial charge in [-0.25, -0.2) is 0 Å². The van der Waals surface area contributed by atoms with Gasteiger partial charge < -0.3 is 19.5 Å². The Bertz CT molecular complexity index is 1330. The SMILES string of the molecule is CC(C)CCOc1ccc2[nH]c(-c3cc(N4CCC(C(=O)N(C)c5ccccc5)C4)ccn3)cc2c1. The second-order valence-corrected chi connectivity index (χ2v) is 10.0. The molecule has 1 amide bonds. The van der Waals surface area contributed by atoms with Gasteiger partial charge in [-0.15, -0.1) is 0 Å². The standard InChI is InChI=1S/C30H34N4O2/c1-21(2)13-16-36-26-9-10-27-23(17-26)18-29(32-27)28-19-25(11-14-31-28)34-15-12-22(20-34)30(35)33(3)24-7-5-4-6-8-24/h4-11,14,17-19,21-22,32H,12-13,15-16,20H2,1-3H3. The number of ether oxygens (including phenoxy) is 1. The van der Waals surface area contributed by atoms with Gasteiger partial charge in [0, 0.05) is 48.6 Å². The van der Waals surface area contributed by atoms with E-state index in [1.165, 1.54) is 0 Å². The van der Waals surface area contributed by atoms with Crippen LogP contribution in [-0.2, 0) is 4.79 Å². The number of aromatic nitrogens is 2. The third-order valence-corrected chi connectivity index (χ3v) is 6.95. The fourth-order valence-corrected chi connectivity index (χ4v) is 4.76. The molecule has 6 heteroatoms. The molecule has 1 aliphatic rings. The molecule has 1 aliphatic heterocycles. The normalized spacial score (nSPS) is 15.6. The average molecular weight is 483 g/mol. The Morgan fingerprint density at radius 1 is 1.14 bits per heavy atom. The molecule has 6 nitrogen and oxygen atoms in total. The zero-order chi connectivity index (χ0) is 25.1. The number of hydrogen-bond donors (Lipinski definition) is 1. The number of rotatable bonds is 8. The van der Waals surface area contributed by atoms with E-state index in [4.69, 9.17) is 4.74 Å². The van der Waals surface area contributed by atoms with E-state index in [1.54, 1.807) is 4.90 Å². The highest BCUT2D eigenvalue weighted by molar-refractivity contribution is 5.95. The minimum Gasteiger partial charge on any atom is -0.494 e. The molecule has 0 saturated carbocycles. The smallest absolute Gasteiger partial charge is 0.231 e. The van der Waals surface area contributed by atoms with Crippen LogP contribution in [-0.4, -0.2) is 42.6 Å². The van der Waals surface area contributed by atoms with Crippen molar-refractivity contribution in [2.75, 3.05) is 36.5 Å². The maximum Gasteiger partial charge on any atom is 0.231 e. The lowest BCUT2D eigenvalue weighted by Gasteiger charge is -2.22. The third kappa shape index (κ3) is 5.23. The van der Waals surface area contributed by atoms with Crippen LogP contribution in [0.4, 0.5) is 11.4 Å². The Morgan fingerprint density at radius 3 is 2.78 bits per heavy atom. The molecule has 186 valence electrons. The molecule has 0 spiro atoms. The predicted molar refractivity (Wildman–Crippen MR) is 147 cm³/mol. The first-order valence-electron chi connectivity index (χ1n) is 12.8. The second kappa shape index (κ2) is 10.4. The van der Waals surface area contributed by atoms with Crippen molar-refractivity contribution in [2.45, 2.75) is 26.7 Å². The zero-order valence-electron chi connectivity index (χ0n) is 21.3. The molecule has 36 heavy (non-hydrogen) atoms. The molecule has 1 saturated heterocycles. The topological polar surface area (TPSA) is 61.5 Å². The van der Waals surface area contributed by atoms with Crippen molar-refractivity contribution in [2.24, 2.45) is 11.8 Å². The first kappa shape index (κ1) is 23.9. The lowest BCUT2D eigenvalue weighted by atomic mass is 10.1. The number of H-pyrrole nitrogens is 1. The van der Waals surface area contributed by atoms with Crippen LogP contribution in [0.2, 0.25) is 0 Å². The van der Waals surface area contributed by atoms with Crippen LogP contribution in [0.5, 0.6) is 5.75 Å². The number of amides is 1. The number of nitrogens with one attached hydrogen (secondary N) is 1. The quantitative estimate of drug-likeness (QED) is 0.327. The van der Waals surface area contributed by atoms with Gasteiger partial charge in [0.15, 0.2) is 0 Å². The van der Waals surface area contributed by atoms with Crippen LogP contribution in [0.1, 0.15) is 26.7 Å². The van der Waals surface area contributed by atoms with E-state index in [2.05, 4.69) is 53.0 Å². The molecule has 1 unspecified atom stereocenters. The number of carbonyl (C=O) groups excluding carboxylic acids is 1. The van der Waals surface area contributed by atoms with Gasteiger partial charge in [0.1, 0.15) is 5.75 Å². The first-order chi connectivity index (χ1) is 17.5. The van der Waals surface area contributed by atoms with Crippen molar-refractivity contribution in [1.82, 2.24) is 9.97 Å². The Hall–Kier alpha value is -3.80. The lowest BCUT2D eigenvalue weighted by molar-refractivity contribution is -0.121. The van der Waals surface area contributed by atoms with E-state index in [0.29, 0.717) is 12.5 Å². The minimum absolute atomic E-state index is 0.0194. The van der Waals surface area contributed by atoms with Crippen LogP contribution < -0.4 is 14.5 Å². The highest BCUT2D eigenvalue weighted by Crippen LogP contribution is 2.31. The van der Waals surface area contributed by atoms with Crippen LogP contribution in [0, 0.1) is 11.8 Å². The molecule has 0 bridgehead atoms. The first-order valence-corrected chi connectivity index (χ1v) is 12.8. The molecule has 1 N–H and O–H groups in total. The van der Waals surface area contributed by atoms with Gasteiger partial charge in [-0.1, -0.05) is 32.0 Å². The molecular formula is C30H34N4O2. The number of nitrogens with zero attached hydrogens (tertiary/aromatic N) is 3. The molecule has 3 heterocycles. The molecule has 2 aromatic carbocycles. The number of anilines is 2. The van der Waals surface area contributed by atoms with Crippen molar-refractivity contribution in [3.8, 4) is 17.1 Å². The number of para-hydroxylation sites is 1. The van der Waals surface area contributed by atoms with Crippen LogP contribution in [0.3, 0.4) is 0 Å². The van der Waals surface area contributed by atoms with Crippen LogP contribution in [0.25, 0.3) is 22.3 Å². The Morgan fingerprint density at radius 2 is 1.97 bits per heavy atom. The Kier molecular flexibility index (Phi) is 6.94. The average Bonchev–Trinajstić information content (AvgIpc) is 3.56. The molecular weight excluding hydrogens is 448 g/mol. The number of aromatic amines is 1. The van der Waals surface area contributed by atoms with Gasteiger partial charge in [0.05, 0.1) is 23.9 Å². The largest absolute Gasteiger partial charge is 0.494 e. The summed E-state index contributed by atoms with van der Waals surface area (Å²) in [5, 5.41) is 1.11. The van der Waals surface area contributed by atoms with E-state index in [1.807, 2.05) is 55.7 Å². The fourth-order valence-electron chi connectivity index (χ4n) is 4.76. The van der Waals surface area contributed by atoms with Gasteiger partial charge in [-0.3, -0.25) is 9.78 Å². The summed E-state index contributed by atoms with van der Waals surface area (Å²) < 4.78 is 5.93. The van der Waals surface area contributed by atoms with Crippen molar-refractivity contribution in [1.29, 1.82) is 0 Å². The summed E-state index contributed by atoms with van der Waals surface area (Å²) in [4.78, 5) is 25.3. The molecule has 1 atom stereocenters. The van der Waals surface area contributed by atoms with Gasteiger partial charge in [-0.05, 0) is 67.3 Å². The Labute approximate surface area is 212 Å². The van der Waals surface area contributed by atoms with E-state index >= 15 is 0 Å². The monoisotopic (exact) mass is 482 g/mol. The zero-order valence-corrected chi connectivity index (χ0v) is 21.3. The second-order valence-electron chi connectivity index (χ2n) is 10.0. The summed E-state index contributed by atoms with van der Waals surface area (Å²) in [7, 11) is 1.86. The van der Waals surface area contributed by atoms with Crippen molar-refractivity contribution < 1.29 is 9.53 Å². The van der Waals surface area contributed by atoms with Crippen LogP contribution in [0.15, 0.2) is 72.9 Å². The summed E-state index contributed by atoms with van der Waals surface area (Å²) in [6, 6.07) is 22.3. The Balaban J connectivity index is 1.28. The summed E-state index contributed by atoms with van der Waals surface area (Å²) in [6.07, 6.45) is 3.74. The van der Waals surface area contributed by atoms with Crippen molar-refractivity contribution in [3.63, 3.8) is 0 Å². The molecule has 0 radical (unpaired) electrons. The van der Waals surface area contributed by atoms with Gasteiger partial charge >= 0.3 is 0 Å². The van der Waals surface area contributed by atoms with Gasteiger partial charge in [-0.2, -0.15) is 0 Å². The van der Waals surface area contributed by atoms with E-state index in [0.717, 1.165) is 65.4 Å². The number of pyridine rings is 1. The molecule has 2 aromatic heterocycles. The molecule has 0 aliphatic carbocycles. The summed E-state index contributed by atoms with van der Waals surface area (Å²) >= 11 is 0. The predicted octanol–water partition coefficient (Wildman–Crippen LogP) is 6.14. The van der Waals surface area contributed by atoms with Crippen molar-refractivity contribution >= 4 is 28.2 Å². The number of carbonyl (C=O) groups is 1. The maximum absolute atomic E-state index is 13.1. The summed E-state index contributed by atoms with van der Waals surface area (Å²) in [5.74, 6) is 1.66.